The van der Waals surface area contributed by atoms with E-state index in [-0.39, 0.29) is 29.8 Å². The van der Waals surface area contributed by atoms with Crippen molar-refractivity contribution >= 4 is 43.6 Å². The molecule has 1 saturated heterocycles. The number of nitrogens with zero attached hydrogens (tertiary/aromatic N) is 1. The molecule has 1 aromatic heterocycles. The first kappa shape index (κ1) is 28.3. The summed E-state index contributed by atoms with van der Waals surface area (Å²) in [4.78, 5) is 15.5. The van der Waals surface area contributed by atoms with E-state index in [9.17, 15) is 13.2 Å². The number of rotatable bonds is 14. The Balaban J connectivity index is 2.15. The molecule has 186 valence electrons. The molecule has 2 radical (unpaired) electrons. The fraction of sp³-hybridized carbons (Fsp3) is 0.739. The molecule has 0 aromatic carbocycles. The highest BCUT2D eigenvalue weighted by molar-refractivity contribution is 7.85. The average molecular weight is 516 g/mol. The van der Waals surface area contributed by atoms with Crippen LogP contribution in [0.15, 0.2) is 11.0 Å². The van der Waals surface area contributed by atoms with Crippen LogP contribution in [0.3, 0.4) is 0 Å². The molecule has 0 bridgehead atoms. The second-order valence-corrected chi connectivity index (χ2v) is 14.7. The molecule has 0 unspecified atom stereocenters. The zero-order valence-electron chi connectivity index (χ0n) is 20.7. The minimum atomic E-state index is -3.58. The molecule has 7 nitrogen and oxygen atoms in total. The van der Waals surface area contributed by atoms with Crippen LogP contribution < -0.4 is 0 Å². The van der Waals surface area contributed by atoms with E-state index in [2.05, 4.69) is 25.8 Å². The molecule has 1 aromatic rings. The Morgan fingerprint density at radius 2 is 2.12 bits per heavy atom. The summed E-state index contributed by atoms with van der Waals surface area (Å²) >= 11 is 1.61. The Bertz CT molecular complexity index is 924. The molecule has 0 spiro atoms. The van der Waals surface area contributed by atoms with Crippen LogP contribution in [0.2, 0.25) is 5.04 Å². The van der Waals surface area contributed by atoms with Gasteiger partial charge in [-0.2, -0.15) is 8.42 Å². The predicted molar refractivity (Wildman–Crippen MR) is 133 cm³/mol. The van der Waals surface area contributed by atoms with Crippen LogP contribution >= 0.6 is 11.3 Å². The predicted octanol–water partition coefficient (Wildman–Crippen LogP) is 4.59. The number of carbonyl (C=O) groups excluding carboxylic acids is 1. The normalized spacial score (nSPS) is 23.4. The molecule has 1 fully saturated rings. The van der Waals surface area contributed by atoms with E-state index in [1.165, 1.54) is 0 Å². The number of hydrogen-bond donors (Lipinski definition) is 0. The smallest absolute Gasteiger partial charge is 0.264 e. The minimum absolute atomic E-state index is 0.0196. The molecule has 0 N–H and O–H groups in total. The fourth-order valence-corrected chi connectivity index (χ4v) is 5.23. The number of ether oxygens (including phenoxy) is 1. The van der Waals surface area contributed by atoms with Crippen molar-refractivity contribution in [2.45, 2.75) is 90.1 Å². The van der Waals surface area contributed by atoms with Gasteiger partial charge in [0.15, 0.2) is 0 Å². The fourth-order valence-electron chi connectivity index (χ4n) is 3.47. The van der Waals surface area contributed by atoms with E-state index in [0.717, 1.165) is 41.7 Å². The Morgan fingerprint density at radius 1 is 1.42 bits per heavy atom. The van der Waals surface area contributed by atoms with Gasteiger partial charge < -0.3 is 14.0 Å². The van der Waals surface area contributed by atoms with Gasteiger partial charge in [0.1, 0.15) is 11.9 Å². The number of aldehydes is 1. The highest BCUT2D eigenvalue weighted by atomic mass is 32.2. The van der Waals surface area contributed by atoms with Crippen molar-refractivity contribution in [1.82, 2.24) is 4.98 Å². The van der Waals surface area contributed by atoms with Crippen molar-refractivity contribution in [1.29, 1.82) is 0 Å². The van der Waals surface area contributed by atoms with Gasteiger partial charge in [-0.25, -0.2) is 4.98 Å². The van der Waals surface area contributed by atoms with Gasteiger partial charge in [-0.15, -0.1) is 11.3 Å². The third-order valence-electron chi connectivity index (χ3n) is 5.37. The lowest BCUT2D eigenvalue weighted by Gasteiger charge is -2.24. The molecule has 2 rings (SSSR count). The van der Waals surface area contributed by atoms with Crippen LogP contribution in [0.5, 0.6) is 0 Å². The molecular weight excluding hydrogens is 478 g/mol. The molecule has 33 heavy (non-hydrogen) atoms. The number of carbonyl (C=O) groups is 1. The van der Waals surface area contributed by atoms with Gasteiger partial charge in [-0.05, 0) is 49.8 Å². The summed E-state index contributed by atoms with van der Waals surface area (Å²) < 4.78 is 40.8. The zero-order chi connectivity index (χ0) is 24.9. The van der Waals surface area contributed by atoms with E-state index in [1.807, 2.05) is 32.2 Å². The van der Waals surface area contributed by atoms with Crippen LogP contribution in [0, 0.1) is 12.8 Å². The van der Waals surface area contributed by atoms with Gasteiger partial charge in [-0.1, -0.05) is 27.7 Å². The second kappa shape index (κ2) is 11.7. The number of aryl methyl sites for hydroxylation is 1. The minimum Gasteiger partial charge on any atom is -0.410 e. The topological polar surface area (TPSA) is 95.1 Å². The van der Waals surface area contributed by atoms with Gasteiger partial charge in [0.05, 0.1) is 35.8 Å². The average Bonchev–Trinajstić information content (AvgIpc) is 3.22. The van der Waals surface area contributed by atoms with Crippen molar-refractivity contribution in [2.75, 3.05) is 12.9 Å². The maximum Gasteiger partial charge on any atom is 0.264 e. The number of thiazole rings is 1. The van der Waals surface area contributed by atoms with E-state index in [0.29, 0.717) is 22.6 Å². The van der Waals surface area contributed by atoms with Crippen LogP contribution in [-0.4, -0.2) is 60.1 Å². The second-order valence-electron chi connectivity index (χ2n) is 10.0. The third-order valence-corrected chi connectivity index (χ3v) is 7.72. The third kappa shape index (κ3) is 10.1. The lowest BCUT2D eigenvalue weighted by atomic mass is 9.92. The van der Waals surface area contributed by atoms with Crippen molar-refractivity contribution in [2.24, 2.45) is 5.92 Å². The maximum atomic E-state index is 11.6. The van der Waals surface area contributed by atoms with Crippen molar-refractivity contribution < 1.29 is 26.6 Å². The summed E-state index contributed by atoms with van der Waals surface area (Å²) in [7, 11) is -3.29. The molecule has 1 aliphatic heterocycles. The summed E-state index contributed by atoms with van der Waals surface area (Å²) in [6, 6.07) is 0. The first-order chi connectivity index (χ1) is 15.2. The van der Waals surface area contributed by atoms with Crippen LogP contribution in [0.4, 0.5) is 0 Å². The van der Waals surface area contributed by atoms with Crippen LogP contribution in [0.25, 0.3) is 6.08 Å². The van der Waals surface area contributed by atoms with E-state index in [1.54, 1.807) is 11.3 Å². The number of hydrogen-bond acceptors (Lipinski definition) is 8. The lowest BCUT2D eigenvalue weighted by molar-refractivity contribution is -0.110. The Labute approximate surface area is 205 Å². The van der Waals surface area contributed by atoms with Crippen molar-refractivity contribution in [3.05, 3.63) is 21.7 Å². The van der Waals surface area contributed by atoms with E-state index < -0.39 is 15.7 Å². The molecule has 1 aliphatic rings. The quantitative estimate of drug-likeness (QED) is 0.155. The van der Waals surface area contributed by atoms with Crippen LogP contribution in [-0.2, 0) is 28.3 Å². The molecule has 0 aliphatic carbocycles. The Kier molecular flexibility index (Phi) is 10.0. The zero-order valence-corrected chi connectivity index (χ0v) is 23.3. The molecule has 0 saturated carbocycles. The molecule has 4 atom stereocenters. The monoisotopic (exact) mass is 515 g/mol. The number of aromatic nitrogens is 1. The lowest BCUT2D eigenvalue weighted by Crippen LogP contribution is -2.29. The maximum absolute atomic E-state index is 11.6. The summed E-state index contributed by atoms with van der Waals surface area (Å²) in [5.41, 5.74) is 1.30. The van der Waals surface area contributed by atoms with E-state index in [4.69, 9.17) is 13.3 Å². The van der Waals surface area contributed by atoms with Gasteiger partial charge in [0.25, 0.3) is 10.1 Å². The van der Waals surface area contributed by atoms with Gasteiger partial charge in [-0.3, -0.25) is 4.18 Å². The molecule has 0 amide bonds. The molecule has 2 heterocycles. The first-order valence-electron chi connectivity index (χ1n) is 11.2. The summed E-state index contributed by atoms with van der Waals surface area (Å²) in [6.07, 6.45) is 6.40. The van der Waals surface area contributed by atoms with Gasteiger partial charge in [0.2, 0.25) is 9.76 Å². The molecule has 10 heteroatoms. The van der Waals surface area contributed by atoms with Gasteiger partial charge in [0, 0.05) is 17.7 Å². The number of epoxide rings is 1. The van der Waals surface area contributed by atoms with Crippen molar-refractivity contribution in [3.63, 3.8) is 0 Å². The summed E-state index contributed by atoms with van der Waals surface area (Å²) in [5.74, 6) is -0.0362. The summed E-state index contributed by atoms with van der Waals surface area (Å²) in [6.45, 7) is 12.3. The summed E-state index contributed by atoms with van der Waals surface area (Å²) in [5, 5.41) is 3.06. The highest BCUT2D eigenvalue weighted by Gasteiger charge is 2.57. The molecular formula is C23H37NO6S2Si. The Morgan fingerprint density at radius 3 is 2.67 bits per heavy atom. The standard InChI is InChI=1S/C23H37NO6S2Si/c1-16(13-25)9-8-10-23(15-28-32(7,26)27)21(29-23)12-20(30-33-22(4,5)6)17(2)11-19-14-31-18(3)24-19/h11,13-14,16,20-21H,8-10,12,15H2,1-7H3/b17-11+/t16-,20-,21-,23-/m0/s1. The first-order valence-corrected chi connectivity index (χ1v) is 14.8. The van der Waals surface area contributed by atoms with Gasteiger partial charge >= 0.3 is 0 Å². The van der Waals surface area contributed by atoms with Crippen molar-refractivity contribution in [3.8, 4) is 0 Å². The van der Waals surface area contributed by atoms with Crippen LogP contribution in [0.1, 0.15) is 71.0 Å². The van der Waals surface area contributed by atoms with E-state index >= 15 is 0 Å². The SMILES string of the molecule is C/C(=C\c1csc(C)n1)[C@H](C[C@@H]1O[C@@]1(CCC[C@H](C)C=O)COS(C)(=O)=O)O[Si]C(C)(C)C. The highest BCUT2D eigenvalue weighted by Crippen LogP contribution is 2.45. The Hall–Kier alpha value is -0.913. The largest absolute Gasteiger partial charge is 0.410 e.